The van der Waals surface area contributed by atoms with Crippen LogP contribution in [-0.4, -0.2) is 31.7 Å². The van der Waals surface area contributed by atoms with Gasteiger partial charge in [-0.3, -0.25) is 14.4 Å². The molecule has 1 aliphatic carbocycles. The van der Waals surface area contributed by atoms with Crippen LogP contribution < -0.4 is 14.8 Å². The van der Waals surface area contributed by atoms with Crippen molar-refractivity contribution in [2.24, 2.45) is 0 Å². The summed E-state index contributed by atoms with van der Waals surface area (Å²) in [6, 6.07) is 16.3. The molecular formula is C23H17NO5. The Morgan fingerprint density at radius 3 is 2.10 bits per heavy atom. The van der Waals surface area contributed by atoms with Gasteiger partial charge < -0.3 is 14.8 Å². The molecule has 1 N–H and O–H groups in total. The number of amides is 1. The van der Waals surface area contributed by atoms with Crippen molar-refractivity contribution in [3.05, 3.63) is 88.5 Å². The normalized spacial score (nSPS) is 12.1. The fourth-order valence-electron chi connectivity index (χ4n) is 3.42. The van der Waals surface area contributed by atoms with Crippen LogP contribution >= 0.6 is 0 Å². The SMILES string of the molecule is COc1ccc(C(=O)Nc2cccc3c2C(=O)c2ccccc2C3=O)cc1OC. The number of hydrogen-bond acceptors (Lipinski definition) is 5. The Kier molecular flexibility index (Phi) is 4.60. The van der Waals surface area contributed by atoms with Gasteiger partial charge in [-0.1, -0.05) is 36.4 Å². The minimum Gasteiger partial charge on any atom is -0.493 e. The van der Waals surface area contributed by atoms with E-state index >= 15 is 0 Å². The van der Waals surface area contributed by atoms with Crippen LogP contribution in [0.5, 0.6) is 11.5 Å². The molecule has 0 spiro atoms. The van der Waals surface area contributed by atoms with Crippen molar-refractivity contribution in [1.82, 2.24) is 0 Å². The summed E-state index contributed by atoms with van der Waals surface area (Å²) in [6.07, 6.45) is 0. The van der Waals surface area contributed by atoms with Crippen LogP contribution in [0.3, 0.4) is 0 Å². The zero-order valence-corrected chi connectivity index (χ0v) is 15.8. The highest BCUT2D eigenvalue weighted by Crippen LogP contribution is 2.33. The van der Waals surface area contributed by atoms with E-state index in [1.807, 2.05) is 0 Å². The first-order chi connectivity index (χ1) is 14.0. The molecular weight excluding hydrogens is 370 g/mol. The lowest BCUT2D eigenvalue weighted by molar-refractivity contribution is 0.0978. The molecule has 6 nitrogen and oxygen atoms in total. The third kappa shape index (κ3) is 3.04. The van der Waals surface area contributed by atoms with Gasteiger partial charge in [-0.15, -0.1) is 0 Å². The van der Waals surface area contributed by atoms with Crippen LogP contribution in [0.25, 0.3) is 0 Å². The molecule has 29 heavy (non-hydrogen) atoms. The number of carbonyl (C=O) groups is 3. The molecule has 0 atom stereocenters. The Hall–Kier alpha value is -3.93. The molecule has 0 saturated carbocycles. The molecule has 0 bridgehead atoms. The number of methoxy groups -OCH3 is 2. The van der Waals surface area contributed by atoms with E-state index in [2.05, 4.69) is 5.32 Å². The van der Waals surface area contributed by atoms with Crippen LogP contribution in [0.1, 0.15) is 42.2 Å². The Morgan fingerprint density at radius 2 is 1.41 bits per heavy atom. The van der Waals surface area contributed by atoms with Crippen molar-refractivity contribution >= 4 is 23.2 Å². The zero-order valence-electron chi connectivity index (χ0n) is 15.8. The smallest absolute Gasteiger partial charge is 0.255 e. The third-order valence-electron chi connectivity index (χ3n) is 4.85. The fourth-order valence-corrected chi connectivity index (χ4v) is 3.42. The number of nitrogens with one attached hydrogen (secondary N) is 1. The second kappa shape index (κ2) is 7.24. The molecule has 0 fully saturated rings. The molecule has 0 heterocycles. The van der Waals surface area contributed by atoms with Gasteiger partial charge in [0.15, 0.2) is 23.1 Å². The molecule has 1 aliphatic rings. The van der Waals surface area contributed by atoms with Gasteiger partial charge in [0, 0.05) is 22.3 Å². The highest BCUT2D eigenvalue weighted by molar-refractivity contribution is 6.30. The second-order valence-electron chi connectivity index (χ2n) is 6.46. The number of anilines is 1. The maximum absolute atomic E-state index is 13.0. The summed E-state index contributed by atoms with van der Waals surface area (Å²) < 4.78 is 10.4. The lowest BCUT2D eigenvalue weighted by atomic mass is 9.83. The fraction of sp³-hybridized carbons (Fsp3) is 0.0870. The van der Waals surface area contributed by atoms with E-state index in [4.69, 9.17) is 9.47 Å². The number of ether oxygens (including phenoxy) is 2. The molecule has 0 saturated heterocycles. The van der Waals surface area contributed by atoms with Gasteiger partial charge in [0.25, 0.3) is 5.91 Å². The molecule has 3 aromatic rings. The first-order valence-electron chi connectivity index (χ1n) is 8.90. The van der Waals surface area contributed by atoms with Crippen LogP contribution in [0.4, 0.5) is 5.69 Å². The molecule has 4 rings (SSSR count). The molecule has 1 amide bonds. The summed E-state index contributed by atoms with van der Waals surface area (Å²) in [7, 11) is 2.99. The quantitative estimate of drug-likeness (QED) is 0.577. The topological polar surface area (TPSA) is 81.7 Å². The summed E-state index contributed by atoms with van der Waals surface area (Å²) in [6.45, 7) is 0. The Bertz CT molecular complexity index is 1170. The lowest BCUT2D eigenvalue weighted by Gasteiger charge is -2.20. The largest absolute Gasteiger partial charge is 0.493 e. The number of rotatable bonds is 4. The highest BCUT2D eigenvalue weighted by atomic mass is 16.5. The lowest BCUT2D eigenvalue weighted by Crippen LogP contribution is -2.23. The summed E-state index contributed by atoms with van der Waals surface area (Å²) in [5, 5.41) is 2.75. The van der Waals surface area contributed by atoms with Crippen molar-refractivity contribution in [1.29, 1.82) is 0 Å². The van der Waals surface area contributed by atoms with Crippen molar-refractivity contribution in [2.45, 2.75) is 0 Å². The summed E-state index contributed by atoms with van der Waals surface area (Å²) in [4.78, 5) is 38.7. The number of fused-ring (bicyclic) bond motifs is 2. The van der Waals surface area contributed by atoms with Crippen molar-refractivity contribution in [3.63, 3.8) is 0 Å². The van der Waals surface area contributed by atoms with E-state index in [0.29, 0.717) is 28.2 Å². The molecule has 6 heteroatoms. The number of carbonyl (C=O) groups excluding carboxylic acids is 3. The van der Waals surface area contributed by atoms with Gasteiger partial charge in [-0.25, -0.2) is 0 Å². The summed E-state index contributed by atoms with van der Waals surface area (Å²) in [5.41, 5.74) is 1.79. The van der Waals surface area contributed by atoms with Gasteiger partial charge in [-0.05, 0) is 24.3 Å². The molecule has 0 unspecified atom stereocenters. The number of hydrogen-bond donors (Lipinski definition) is 1. The molecule has 0 aromatic heterocycles. The van der Waals surface area contributed by atoms with Crippen LogP contribution in [0.2, 0.25) is 0 Å². The standard InChI is InChI=1S/C23H17NO5/c1-28-18-11-10-13(12-19(18)29-2)23(27)24-17-9-5-8-16-20(17)22(26)15-7-4-3-6-14(15)21(16)25/h3-12H,1-2H3,(H,24,27). The van der Waals surface area contributed by atoms with Gasteiger partial charge in [0.1, 0.15) is 0 Å². The molecule has 144 valence electrons. The average molecular weight is 387 g/mol. The first kappa shape index (κ1) is 18.4. The molecule has 3 aromatic carbocycles. The van der Waals surface area contributed by atoms with E-state index in [1.165, 1.54) is 14.2 Å². The Balaban J connectivity index is 1.72. The van der Waals surface area contributed by atoms with Gasteiger partial charge in [0.2, 0.25) is 0 Å². The van der Waals surface area contributed by atoms with Crippen LogP contribution in [0.15, 0.2) is 60.7 Å². The summed E-state index contributed by atoms with van der Waals surface area (Å²) >= 11 is 0. The third-order valence-corrected chi connectivity index (χ3v) is 4.85. The number of ketones is 2. The van der Waals surface area contributed by atoms with E-state index in [1.54, 1.807) is 60.7 Å². The molecule has 0 aliphatic heterocycles. The van der Waals surface area contributed by atoms with Crippen LogP contribution in [-0.2, 0) is 0 Å². The van der Waals surface area contributed by atoms with E-state index in [9.17, 15) is 14.4 Å². The monoisotopic (exact) mass is 387 g/mol. The van der Waals surface area contributed by atoms with Crippen LogP contribution in [0, 0.1) is 0 Å². The zero-order chi connectivity index (χ0) is 20.5. The van der Waals surface area contributed by atoms with Gasteiger partial charge >= 0.3 is 0 Å². The van der Waals surface area contributed by atoms with Gasteiger partial charge in [-0.2, -0.15) is 0 Å². The van der Waals surface area contributed by atoms with E-state index in [0.717, 1.165) is 0 Å². The maximum atomic E-state index is 13.0. The minimum atomic E-state index is -0.432. The first-order valence-corrected chi connectivity index (χ1v) is 8.90. The highest BCUT2D eigenvalue weighted by Gasteiger charge is 2.31. The summed E-state index contributed by atoms with van der Waals surface area (Å²) in [5.74, 6) is -0.0526. The van der Waals surface area contributed by atoms with Crippen molar-refractivity contribution in [3.8, 4) is 11.5 Å². The predicted octanol–water partition coefficient (Wildman–Crippen LogP) is 3.73. The average Bonchev–Trinajstić information content (AvgIpc) is 2.76. The van der Waals surface area contributed by atoms with E-state index < -0.39 is 5.91 Å². The second-order valence-corrected chi connectivity index (χ2v) is 6.46. The minimum absolute atomic E-state index is 0.199. The van der Waals surface area contributed by atoms with Gasteiger partial charge in [0.05, 0.1) is 25.5 Å². The molecule has 0 radical (unpaired) electrons. The van der Waals surface area contributed by atoms with E-state index in [-0.39, 0.29) is 28.4 Å². The Morgan fingerprint density at radius 1 is 0.759 bits per heavy atom. The van der Waals surface area contributed by atoms with Crippen molar-refractivity contribution < 1.29 is 23.9 Å². The van der Waals surface area contributed by atoms with Crippen molar-refractivity contribution in [2.75, 3.05) is 19.5 Å². The Labute approximate surface area is 167 Å². The maximum Gasteiger partial charge on any atom is 0.255 e. The predicted molar refractivity (Wildman–Crippen MR) is 107 cm³/mol. The number of benzene rings is 3.